The van der Waals surface area contributed by atoms with Crippen LogP contribution in [-0.2, 0) is 0 Å². The Labute approximate surface area is 177 Å². The van der Waals surface area contributed by atoms with Crippen LogP contribution < -0.4 is 9.84 Å². The summed E-state index contributed by atoms with van der Waals surface area (Å²) in [6.07, 6.45) is 1.32. The second-order valence-corrected chi connectivity index (χ2v) is 6.80. The number of nitrogens with zero attached hydrogens (tertiary/aromatic N) is 3. The molecule has 31 heavy (non-hydrogen) atoms. The Morgan fingerprint density at radius 2 is 2.00 bits per heavy atom. The van der Waals surface area contributed by atoms with Crippen molar-refractivity contribution in [3.05, 3.63) is 75.8 Å². The van der Waals surface area contributed by atoms with E-state index >= 15 is 0 Å². The predicted octanol–water partition coefficient (Wildman–Crippen LogP) is 4.93. The third-order valence-corrected chi connectivity index (χ3v) is 4.67. The van der Waals surface area contributed by atoms with Gasteiger partial charge in [-0.25, -0.2) is 4.98 Å². The summed E-state index contributed by atoms with van der Waals surface area (Å²) in [5, 5.41) is 23.8. The van der Waals surface area contributed by atoms with Gasteiger partial charge < -0.3 is 14.3 Å². The van der Waals surface area contributed by atoms with Crippen LogP contribution in [0.5, 0.6) is 11.5 Å². The molecule has 0 saturated carbocycles. The number of nitro groups is 1. The Balaban J connectivity index is 1.72. The summed E-state index contributed by atoms with van der Waals surface area (Å²) >= 11 is 0. The van der Waals surface area contributed by atoms with Gasteiger partial charge in [0.2, 0.25) is 5.89 Å². The second-order valence-electron chi connectivity index (χ2n) is 6.80. The van der Waals surface area contributed by atoms with Gasteiger partial charge in [0.1, 0.15) is 11.3 Å². The number of aryl methyl sites for hydroxylation is 1. The van der Waals surface area contributed by atoms with E-state index in [2.05, 4.69) is 9.98 Å². The standard InChI is InChI=1S/C23H19N3O5/c1-3-30-21-12-17(26(28)29)10-16(22(21)27)13-24-19-11-15(9-8-14(19)2)23-25-18-6-4-5-7-20(18)31-23/h4-13,27H,3H2,1-2H3/p-1. The van der Waals surface area contributed by atoms with Crippen molar-refractivity contribution in [1.29, 1.82) is 0 Å². The van der Waals surface area contributed by atoms with Crippen LogP contribution in [0.15, 0.2) is 64.0 Å². The molecule has 0 saturated heterocycles. The highest BCUT2D eigenvalue weighted by Gasteiger charge is 2.13. The molecule has 0 aliphatic heterocycles. The minimum atomic E-state index is -0.571. The number of nitro benzene ring substituents is 1. The summed E-state index contributed by atoms with van der Waals surface area (Å²) in [5.74, 6) is -0.0739. The summed E-state index contributed by atoms with van der Waals surface area (Å²) in [5.41, 5.74) is 3.44. The van der Waals surface area contributed by atoms with E-state index in [0.717, 1.165) is 22.7 Å². The number of aliphatic imine (C=N–C) groups is 1. The molecule has 4 aromatic rings. The van der Waals surface area contributed by atoms with Crippen LogP contribution in [0.4, 0.5) is 11.4 Å². The number of oxazole rings is 1. The molecule has 0 atom stereocenters. The SMILES string of the molecule is CCOc1cc([N+](=O)[O-])cc(C=Nc2cc(-c3nc4ccccc4o3)ccc2C)c1[O-]. The molecular weight excluding hydrogens is 398 g/mol. The number of rotatable bonds is 6. The summed E-state index contributed by atoms with van der Waals surface area (Å²) in [4.78, 5) is 19.5. The van der Waals surface area contributed by atoms with Crippen LogP contribution in [0.25, 0.3) is 22.6 Å². The molecule has 0 aliphatic rings. The Kier molecular flexibility index (Phi) is 5.36. The van der Waals surface area contributed by atoms with Gasteiger partial charge in [-0.15, -0.1) is 0 Å². The van der Waals surface area contributed by atoms with Crippen molar-refractivity contribution in [3.63, 3.8) is 0 Å². The van der Waals surface area contributed by atoms with Gasteiger partial charge in [-0.3, -0.25) is 15.1 Å². The van der Waals surface area contributed by atoms with Gasteiger partial charge in [-0.1, -0.05) is 23.9 Å². The Morgan fingerprint density at radius 1 is 1.19 bits per heavy atom. The molecule has 8 nitrogen and oxygen atoms in total. The number of non-ortho nitro benzene ring substituents is 1. The van der Waals surface area contributed by atoms with Gasteiger partial charge in [0.25, 0.3) is 5.69 Å². The van der Waals surface area contributed by atoms with E-state index in [1.807, 2.05) is 43.3 Å². The molecule has 0 aliphatic carbocycles. The number of hydrogen-bond acceptors (Lipinski definition) is 7. The van der Waals surface area contributed by atoms with Crippen LogP contribution in [0, 0.1) is 17.0 Å². The van der Waals surface area contributed by atoms with E-state index in [1.165, 1.54) is 12.3 Å². The average molecular weight is 416 g/mol. The highest BCUT2D eigenvalue weighted by molar-refractivity contribution is 5.88. The highest BCUT2D eigenvalue weighted by atomic mass is 16.6. The highest BCUT2D eigenvalue weighted by Crippen LogP contribution is 2.33. The summed E-state index contributed by atoms with van der Waals surface area (Å²) in [7, 11) is 0. The van der Waals surface area contributed by atoms with Gasteiger partial charge in [0.15, 0.2) is 5.58 Å². The average Bonchev–Trinajstić information content (AvgIpc) is 3.19. The van der Waals surface area contributed by atoms with Gasteiger partial charge >= 0.3 is 0 Å². The van der Waals surface area contributed by atoms with Crippen molar-refractivity contribution >= 4 is 28.7 Å². The maximum Gasteiger partial charge on any atom is 0.273 e. The van der Waals surface area contributed by atoms with Gasteiger partial charge in [-0.2, -0.15) is 0 Å². The van der Waals surface area contributed by atoms with Crippen molar-refractivity contribution in [2.75, 3.05) is 6.61 Å². The number of aromatic nitrogens is 1. The lowest BCUT2D eigenvalue weighted by atomic mass is 10.1. The smallest absolute Gasteiger partial charge is 0.273 e. The van der Waals surface area contributed by atoms with Crippen LogP contribution in [0.2, 0.25) is 0 Å². The van der Waals surface area contributed by atoms with E-state index in [1.54, 1.807) is 13.0 Å². The molecule has 0 N–H and O–H groups in total. The lowest BCUT2D eigenvalue weighted by molar-refractivity contribution is -0.385. The Morgan fingerprint density at radius 3 is 2.74 bits per heavy atom. The van der Waals surface area contributed by atoms with E-state index in [-0.39, 0.29) is 23.6 Å². The second kappa shape index (κ2) is 8.27. The molecule has 0 bridgehead atoms. The molecule has 0 spiro atoms. The number of benzene rings is 3. The molecule has 3 aromatic carbocycles. The van der Waals surface area contributed by atoms with Crippen molar-refractivity contribution in [3.8, 4) is 23.0 Å². The minimum absolute atomic E-state index is 0.0734. The van der Waals surface area contributed by atoms with Gasteiger partial charge in [0, 0.05) is 17.8 Å². The van der Waals surface area contributed by atoms with Crippen molar-refractivity contribution in [2.45, 2.75) is 13.8 Å². The number of fused-ring (bicyclic) bond motifs is 1. The first-order valence-corrected chi connectivity index (χ1v) is 9.59. The zero-order valence-corrected chi connectivity index (χ0v) is 16.9. The van der Waals surface area contributed by atoms with Gasteiger partial charge in [0.05, 0.1) is 23.3 Å². The fraction of sp³-hybridized carbons (Fsp3) is 0.130. The molecule has 156 valence electrons. The maximum absolute atomic E-state index is 12.6. The van der Waals surface area contributed by atoms with E-state index in [9.17, 15) is 15.2 Å². The Bertz CT molecular complexity index is 1280. The molecule has 1 heterocycles. The monoisotopic (exact) mass is 416 g/mol. The topological polar surface area (TPSA) is 114 Å². The first kappa shape index (κ1) is 20.1. The molecule has 8 heteroatoms. The summed E-state index contributed by atoms with van der Waals surface area (Å²) in [6, 6.07) is 15.3. The Hall–Kier alpha value is -4.20. The largest absolute Gasteiger partial charge is 0.870 e. The molecule has 1 aromatic heterocycles. The third kappa shape index (κ3) is 4.09. The van der Waals surface area contributed by atoms with E-state index < -0.39 is 10.7 Å². The van der Waals surface area contributed by atoms with E-state index in [4.69, 9.17) is 9.15 Å². The fourth-order valence-electron chi connectivity index (χ4n) is 3.09. The van der Waals surface area contributed by atoms with Crippen molar-refractivity contribution < 1.29 is 19.2 Å². The quantitative estimate of drug-likeness (QED) is 0.250. The zero-order valence-electron chi connectivity index (χ0n) is 16.9. The summed E-state index contributed by atoms with van der Waals surface area (Å²) in [6.45, 7) is 3.80. The molecular formula is C23H18N3O5-. The molecule has 0 fully saturated rings. The number of ether oxygens (including phenoxy) is 1. The minimum Gasteiger partial charge on any atom is -0.870 e. The van der Waals surface area contributed by atoms with Crippen LogP contribution in [0.1, 0.15) is 18.1 Å². The first-order valence-electron chi connectivity index (χ1n) is 9.59. The maximum atomic E-state index is 12.6. The first-order chi connectivity index (χ1) is 15.0. The molecule has 0 amide bonds. The van der Waals surface area contributed by atoms with E-state index in [0.29, 0.717) is 17.2 Å². The normalized spacial score (nSPS) is 11.3. The van der Waals surface area contributed by atoms with Crippen LogP contribution >= 0.6 is 0 Å². The van der Waals surface area contributed by atoms with Crippen LogP contribution in [0.3, 0.4) is 0 Å². The lowest BCUT2D eigenvalue weighted by Gasteiger charge is -2.16. The number of para-hydroxylation sites is 2. The van der Waals surface area contributed by atoms with Crippen LogP contribution in [-0.4, -0.2) is 22.7 Å². The predicted molar refractivity (Wildman–Crippen MR) is 115 cm³/mol. The molecule has 0 radical (unpaired) electrons. The zero-order chi connectivity index (χ0) is 22.0. The molecule has 0 unspecified atom stereocenters. The van der Waals surface area contributed by atoms with Crippen molar-refractivity contribution in [2.24, 2.45) is 4.99 Å². The third-order valence-electron chi connectivity index (χ3n) is 4.67. The number of hydrogen-bond donors (Lipinski definition) is 0. The van der Waals surface area contributed by atoms with Crippen molar-refractivity contribution in [1.82, 2.24) is 4.98 Å². The molecule has 4 rings (SSSR count). The van der Waals surface area contributed by atoms with Gasteiger partial charge in [-0.05, 0) is 49.2 Å². The fourth-order valence-corrected chi connectivity index (χ4v) is 3.09. The summed E-state index contributed by atoms with van der Waals surface area (Å²) < 4.78 is 11.1. The lowest BCUT2D eigenvalue weighted by Crippen LogP contribution is -2.04.